The second-order valence-electron chi connectivity index (χ2n) is 7.11. The van der Waals surface area contributed by atoms with Gasteiger partial charge in [0.1, 0.15) is 0 Å². The number of ether oxygens (including phenoxy) is 4. The number of carbonyl (C=O) groups is 2. The van der Waals surface area contributed by atoms with Crippen LogP contribution in [0.15, 0.2) is 78.7 Å². The number of aliphatic imine (C=N–C) groups is 1. The van der Waals surface area contributed by atoms with Crippen molar-refractivity contribution in [2.45, 2.75) is 0 Å². The van der Waals surface area contributed by atoms with E-state index in [2.05, 4.69) is 52.8 Å². The zero-order chi connectivity index (χ0) is 23.8. The van der Waals surface area contributed by atoms with Crippen molar-refractivity contribution >= 4 is 71.7 Å². The minimum Gasteiger partial charge on any atom is -0.454 e. The first-order chi connectivity index (χ1) is 16.4. The Balaban J connectivity index is 1.48. The molecule has 2 aliphatic rings. The first-order valence-corrected chi connectivity index (χ1v) is 12.1. The Labute approximate surface area is 218 Å². The number of cyclic esters (lactones) is 1. The van der Waals surface area contributed by atoms with Gasteiger partial charge in [0.2, 0.25) is 12.7 Å². The molecule has 3 aromatic carbocycles. The van der Waals surface area contributed by atoms with E-state index in [1.54, 1.807) is 42.5 Å². The summed E-state index contributed by atoms with van der Waals surface area (Å²) in [6, 6.07) is 15.4. The van der Waals surface area contributed by atoms with Crippen LogP contribution in [-0.4, -0.2) is 24.6 Å². The van der Waals surface area contributed by atoms with E-state index < -0.39 is 11.9 Å². The van der Waals surface area contributed by atoms with Crippen LogP contribution in [0.3, 0.4) is 0 Å². The van der Waals surface area contributed by atoms with Crippen molar-refractivity contribution in [2.24, 2.45) is 4.99 Å². The fourth-order valence-electron chi connectivity index (χ4n) is 3.24. The number of fused-ring (bicyclic) bond motifs is 1. The normalized spacial score (nSPS) is 15.3. The van der Waals surface area contributed by atoms with Crippen LogP contribution < -0.4 is 14.2 Å². The topological polar surface area (TPSA) is 83.4 Å². The molecule has 10 heteroatoms. The van der Waals surface area contributed by atoms with Crippen LogP contribution in [0.1, 0.15) is 21.5 Å². The zero-order valence-electron chi connectivity index (χ0n) is 17.0. The SMILES string of the molecule is O=C1OC(c2ccc(Br)cc2)=N/C1=C\c1cc(Br)cc(Br)c1OC(=O)c1ccc2c(c1)OCO2. The molecule has 170 valence electrons. The van der Waals surface area contributed by atoms with E-state index in [4.69, 9.17) is 18.9 Å². The number of carbonyl (C=O) groups excluding carboxylic acids is 2. The Morgan fingerprint density at radius 2 is 1.71 bits per heavy atom. The van der Waals surface area contributed by atoms with Crippen LogP contribution in [0.2, 0.25) is 0 Å². The lowest BCUT2D eigenvalue weighted by Gasteiger charge is -2.11. The van der Waals surface area contributed by atoms with Gasteiger partial charge in [-0.05, 0) is 76.6 Å². The molecular weight excluding hydrogens is 638 g/mol. The molecule has 0 aliphatic carbocycles. The number of nitrogens with zero attached hydrogens (tertiary/aromatic N) is 1. The van der Waals surface area contributed by atoms with Crippen LogP contribution in [0.5, 0.6) is 17.2 Å². The van der Waals surface area contributed by atoms with Crippen molar-refractivity contribution in [1.29, 1.82) is 0 Å². The third-order valence-electron chi connectivity index (χ3n) is 4.84. The number of esters is 2. The average Bonchev–Trinajstić information content (AvgIpc) is 3.42. The summed E-state index contributed by atoms with van der Waals surface area (Å²) in [6.45, 7) is 0.0999. The van der Waals surface area contributed by atoms with Gasteiger partial charge in [-0.3, -0.25) is 0 Å². The molecule has 0 N–H and O–H groups in total. The van der Waals surface area contributed by atoms with Crippen LogP contribution in [-0.2, 0) is 9.53 Å². The van der Waals surface area contributed by atoms with Gasteiger partial charge >= 0.3 is 11.9 Å². The fraction of sp³-hybridized carbons (Fsp3) is 0.0417. The van der Waals surface area contributed by atoms with Crippen LogP contribution in [0.4, 0.5) is 0 Å². The third kappa shape index (κ3) is 4.66. The molecule has 0 saturated carbocycles. The Hall–Kier alpha value is -2.95. The summed E-state index contributed by atoms with van der Waals surface area (Å²) in [5, 5.41) is 0. The molecule has 0 aromatic heterocycles. The monoisotopic (exact) mass is 647 g/mol. The molecule has 34 heavy (non-hydrogen) atoms. The van der Waals surface area contributed by atoms with Crippen molar-refractivity contribution in [1.82, 2.24) is 0 Å². The molecule has 7 nitrogen and oxygen atoms in total. The first kappa shape index (κ1) is 22.8. The van der Waals surface area contributed by atoms with Gasteiger partial charge in [0.25, 0.3) is 0 Å². The molecule has 0 bridgehead atoms. The van der Waals surface area contributed by atoms with Crippen molar-refractivity contribution in [3.63, 3.8) is 0 Å². The Bertz CT molecular complexity index is 1400. The molecule has 0 spiro atoms. The molecule has 0 unspecified atom stereocenters. The Morgan fingerprint density at radius 1 is 0.941 bits per heavy atom. The zero-order valence-corrected chi connectivity index (χ0v) is 21.8. The van der Waals surface area contributed by atoms with E-state index in [1.807, 2.05) is 12.1 Å². The van der Waals surface area contributed by atoms with Gasteiger partial charge in [-0.25, -0.2) is 14.6 Å². The number of rotatable bonds is 4. The molecule has 2 aliphatic heterocycles. The summed E-state index contributed by atoms with van der Waals surface area (Å²) in [6.07, 6.45) is 1.51. The average molecular weight is 650 g/mol. The predicted octanol–water partition coefficient (Wildman–Crippen LogP) is 6.27. The smallest absolute Gasteiger partial charge is 0.363 e. The minimum absolute atomic E-state index is 0.0725. The van der Waals surface area contributed by atoms with E-state index in [9.17, 15) is 9.59 Å². The highest BCUT2D eigenvalue weighted by molar-refractivity contribution is 9.11. The van der Waals surface area contributed by atoms with Gasteiger partial charge in [0.05, 0.1) is 10.0 Å². The second kappa shape index (κ2) is 9.36. The van der Waals surface area contributed by atoms with Gasteiger partial charge in [-0.1, -0.05) is 31.9 Å². The Kier molecular flexibility index (Phi) is 6.28. The van der Waals surface area contributed by atoms with E-state index in [-0.39, 0.29) is 29.7 Å². The van der Waals surface area contributed by atoms with Crippen LogP contribution >= 0.6 is 47.8 Å². The predicted molar refractivity (Wildman–Crippen MR) is 134 cm³/mol. The number of hydrogen-bond donors (Lipinski definition) is 0. The molecule has 5 rings (SSSR count). The van der Waals surface area contributed by atoms with E-state index in [1.165, 1.54) is 6.08 Å². The highest BCUT2D eigenvalue weighted by atomic mass is 79.9. The van der Waals surface area contributed by atoms with Gasteiger partial charge in [-0.15, -0.1) is 0 Å². The van der Waals surface area contributed by atoms with Gasteiger partial charge in [-0.2, -0.15) is 0 Å². The maximum atomic E-state index is 12.9. The van der Waals surface area contributed by atoms with E-state index in [0.29, 0.717) is 31.6 Å². The molecule has 0 saturated heterocycles. The van der Waals surface area contributed by atoms with Crippen LogP contribution in [0, 0.1) is 0 Å². The van der Waals surface area contributed by atoms with Gasteiger partial charge in [0, 0.05) is 20.1 Å². The van der Waals surface area contributed by atoms with Crippen molar-refractivity contribution < 1.29 is 28.5 Å². The molecule has 0 fully saturated rings. The molecular formula is C24H12Br3NO6. The molecule has 0 amide bonds. The highest BCUT2D eigenvalue weighted by Crippen LogP contribution is 2.37. The highest BCUT2D eigenvalue weighted by Gasteiger charge is 2.26. The molecule has 0 atom stereocenters. The summed E-state index contributed by atoms with van der Waals surface area (Å²) < 4.78 is 23.7. The van der Waals surface area contributed by atoms with Crippen molar-refractivity contribution in [2.75, 3.05) is 6.79 Å². The number of hydrogen-bond acceptors (Lipinski definition) is 7. The van der Waals surface area contributed by atoms with E-state index >= 15 is 0 Å². The molecule has 3 aromatic rings. The summed E-state index contributed by atoms with van der Waals surface area (Å²) in [7, 11) is 0. The fourth-order valence-corrected chi connectivity index (χ4v) is 4.85. The minimum atomic E-state index is -0.609. The number of halogens is 3. The molecule has 2 heterocycles. The first-order valence-electron chi connectivity index (χ1n) is 9.77. The summed E-state index contributed by atoms with van der Waals surface area (Å²) >= 11 is 10.2. The van der Waals surface area contributed by atoms with Crippen LogP contribution in [0.25, 0.3) is 6.08 Å². The maximum absolute atomic E-state index is 12.9. The van der Waals surface area contributed by atoms with E-state index in [0.717, 1.165) is 4.47 Å². The summed E-state index contributed by atoms with van der Waals surface area (Å²) in [5.74, 6) is 0.229. The Morgan fingerprint density at radius 3 is 2.50 bits per heavy atom. The lowest BCUT2D eigenvalue weighted by Crippen LogP contribution is -2.10. The molecule has 0 radical (unpaired) electrons. The van der Waals surface area contributed by atoms with Gasteiger partial charge in [0.15, 0.2) is 22.9 Å². The number of benzene rings is 3. The van der Waals surface area contributed by atoms with Crippen molar-refractivity contribution in [3.8, 4) is 17.2 Å². The standard InChI is InChI=1S/C24H12Br3NO6/c25-15-4-1-12(2-5-15)22-28-18(24(30)34-22)8-14-7-16(26)10-17(27)21(14)33-23(29)13-3-6-19-20(9-13)32-11-31-19/h1-10H,11H2/b18-8-. The summed E-state index contributed by atoms with van der Waals surface area (Å²) in [4.78, 5) is 29.7. The second-order valence-corrected chi connectivity index (χ2v) is 9.79. The maximum Gasteiger partial charge on any atom is 0.363 e. The van der Waals surface area contributed by atoms with Crippen molar-refractivity contribution in [3.05, 3.63) is 90.4 Å². The lowest BCUT2D eigenvalue weighted by atomic mass is 10.1. The lowest BCUT2D eigenvalue weighted by molar-refractivity contribution is -0.129. The third-order valence-corrected chi connectivity index (χ3v) is 6.42. The quantitative estimate of drug-likeness (QED) is 0.188. The largest absolute Gasteiger partial charge is 0.454 e. The summed E-state index contributed by atoms with van der Waals surface area (Å²) in [5.41, 5.74) is 1.46. The van der Waals surface area contributed by atoms with Gasteiger partial charge < -0.3 is 18.9 Å².